The summed E-state index contributed by atoms with van der Waals surface area (Å²) in [6.45, 7) is 3.52. The lowest BCUT2D eigenvalue weighted by Gasteiger charge is -2.21. The summed E-state index contributed by atoms with van der Waals surface area (Å²) in [7, 11) is 0. The average Bonchev–Trinajstić information content (AvgIpc) is 3.25. The van der Waals surface area contributed by atoms with Crippen molar-refractivity contribution in [1.82, 2.24) is 19.5 Å². The van der Waals surface area contributed by atoms with Gasteiger partial charge >= 0.3 is 0 Å². The standard InChI is InChI=1S/C19H20N4O/c1-14-2-3-17(22-11-14)19-21-8-9-23(19)18-13-24-12-16(18)10-15-4-6-20-7-5-15/h2-9,11,16,18H,10,12-13H2,1H3/t16-,18-/m1/s1. The van der Waals surface area contributed by atoms with E-state index in [4.69, 9.17) is 4.74 Å². The zero-order valence-corrected chi connectivity index (χ0v) is 13.7. The highest BCUT2D eigenvalue weighted by Gasteiger charge is 2.31. The summed E-state index contributed by atoms with van der Waals surface area (Å²) in [6.07, 6.45) is 10.4. The zero-order valence-electron chi connectivity index (χ0n) is 13.7. The van der Waals surface area contributed by atoms with Crippen LogP contribution in [0, 0.1) is 12.8 Å². The maximum Gasteiger partial charge on any atom is 0.158 e. The molecule has 5 heteroatoms. The van der Waals surface area contributed by atoms with Gasteiger partial charge in [-0.25, -0.2) is 4.98 Å². The predicted molar refractivity (Wildman–Crippen MR) is 91.5 cm³/mol. The summed E-state index contributed by atoms with van der Waals surface area (Å²) in [5.41, 5.74) is 3.34. The van der Waals surface area contributed by atoms with Crippen molar-refractivity contribution in [2.45, 2.75) is 19.4 Å². The first kappa shape index (κ1) is 15.0. The number of pyridine rings is 2. The van der Waals surface area contributed by atoms with Crippen LogP contribution in [0.25, 0.3) is 11.5 Å². The second-order valence-electron chi connectivity index (χ2n) is 6.30. The van der Waals surface area contributed by atoms with Crippen LogP contribution >= 0.6 is 0 Å². The lowest BCUT2D eigenvalue weighted by molar-refractivity contribution is 0.181. The highest BCUT2D eigenvalue weighted by atomic mass is 16.5. The summed E-state index contributed by atoms with van der Waals surface area (Å²) >= 11 is 0. The van der Waals surface area contributed by atoms with Gasteiger partial charge in [-0.1, -0.05) is 6.07 Å². The maximum absolute atomic E-state index is 5.79. The molecule has 122 valence electrons. The third-order valence-corrected chi connectivity index (χ3v) is 4.58. The lowest BCUT2D eigenvalue weighted by Crippen LogP contribution is -2.20. The third kappa shape index (κ3) is 2.95. The van der Waals surface area contributed by atoms with Crippen molar-refractivity contribution in [3.05, 3.63) is 66.4 Å². The molecule has 5 nitrogen and oxygen atoms in total. The van der Waals surface area contributed by atoms with Gasteiger partial charge in [0.2, 0.25) is 0 Å². The van der Waals surface area contributed by atoms with Gasteiger partial charge in [-0.3, -0.25) is 9.97 Å². The zero-order chi connectivity index (χ0) is 16.4. The van der Waals surface area contributed by atoms with E-state index in [9.17, 15) is 0 Å². The van der Waals surface area contributed by atoms with Crippen LogP contribution in [-0.2, 0) is 11.2 Å². The van der Waals surface area contributed by atoms with Crippen LogP contribution < -0.4 is 0 Å². The molecule has 3 aromatic heterocycles. The second kappa shape index (κ2) is 6.53. The number of aryl methyl sites for hydroxylation is 1. The van der Waals surface area contributed by atoms with Gasteiger partial charge in [-0.15, -0.1) is 0 Å². The molecule has 1 aliphatic heterocycles. The molecule has 0 aromatic carbocycles. The molecular weight excluding hydrogens is 300 g/mol. The van der Waals surface area contributed by atoms with Crippen molar-refractivity contribution in [2.24, 2.45) is 5.92 Å². The number of nitrogens with zero attached hydrogens (tertiary/aromatic N) is 4. The van der Waals surface area contributed by atoms with Crippen molar-refractivity contribution in [3.63, 3.8) is 0 Å². The third-order valence-electron chi connectivity index (χ3n) is 4.58. The molecule has 24 heavy (non-hydrogen) atoms. The van der Waals surface area contributed by atoms with Crippen LogP contribution in [0.2, 0.25) is 0 Å². The minimum Gasteiger partial charge on any atom is -0.379 e. The predicted octanol–water partition coefficient (Wildman–Crippen LogP) is 3.08. The Morgan fingerprint density at radius 1 is 1.08 bits per heavy atom. The number of ether oxygens (including phenoxy) is 1. The lowest BCUT2D eigenvalue weighted by atomic mass is 9.95. The van der Waals surface area contributed by atoms with E-state index in [1.54, 1.807) is 0 Å². The Morgan fingerprint density at radius 2 is 1.96 bits per heavy atom. The van der Waals surface area contributed by atoms with Gasteiger partial charge in [0, 0.05) is 36.9 Å². The Labute approximate surface area is 141 Å². The van der Waals surface area contributed by atoms with E-state index in [0.717, 1.165) is 30.1 Å². The largest absolute Gasteiger partial charge is 0.379 e. The number of hydrogen-bond acceptors (Lipinski definition) is 4. The van der Waals surface area contributed by atoms with Crippen molar-refractivity contribution < 1.29 is 4.74 Å². The molecule has 4 rings (SSSR count). The Hall–Kier alpha value is -2.53. The van der Waals surface area contributed by atoms with E-state index in [0.29, 0.717) is 12.5 Å². The Balaban J connectivity index is 1.61. The minimum atomic E-state index is 0.277. The van der Waals surface area contributed by atoms with Gasteiger partial charge in [0.25, 0.3) is 0 Å². The summed E-state index contributed by atoms with van der Waals surface area (Å²) in [5, 5.41) is 0. The van der Waals surface area contributed by atoms with Gasteiger partial charge in [0.05, 0.1) is 19.3 Å². The number of imidazole rings is 1. The molecule has 0 unspecified atom stereocenters. The van der Waals surface area contributed by atoms with Crippen LogP contribution in [-0.4, -0.2) is 32.7 Å². The maximum atomic E-state index is 5.79. The van der Waals surface area contributed by atoms with E-state index in [1.807, 2.05) is 44.0 Å². The van der Waals surface area contributed by atoms with Crippen LogP contribution in [0.15, 0.2) is 55.2 Å². The monoisotopic (exact) mass is 320 g/mol. The van der Waals surface area contributed by atoms with E-state index < -0.39 is 0 Å². The first-order valence-corrected chi connectivity index (χ1v) is 8.24. The molecule has 0 bridgehead atoms. The van der Waals surface area contributed by atoms with Crippen LogP contribution in [0.5, 0.6) is 0 Å². The molecule has 0 saturated carbocycles. The fourth-order valence-corrected chi connectivity index (χ4v) is 3.29. The highest BCUT2D eigenvalue weighted by molar-refractivity contribution is 5.50. The smallest absolute Gasteiger partial charge is 0.158 e. The number of hydrogen-bond donors (Lipinski definition) is 0. The van der Waals surface area contributed by atoms with Gasteiger partial charge in [0.15, 0.2) is 5.82 Å². The normalized spacial score (nSPS) is 20.4. The van der Waals surface area contributed by atoms with Gasteiger partial charge < -0.3 is 9.30 Å². The SMILES string of the molecule is Cc1ccc(-c2nccn2[C@@H]2COC[C@H]2Cc2ccncc2)nc1. The summed E-state index contributed by atoms with van der Waals surface area (Å²) in [6, 6.07) is 8.53. The molecular formula is C19H20N4O. The Kier molecular flexibility index (Phi) is 4.09. The molecule has 2 atom stereocenters. The molecule has 1 aliphatic rings. The number of rotatable bonds is 4. The van der Waals surface area contributed by atoms with E-state index in [2.05, 4.69) is 37.7 Å². The van der Waals surface area contributed by atoms with Crippen LogP contribution in [0.3, 0.4) is 0 Å². The Bertz CT molecular complexity index is 798. The molecule has 0 N–H and O–H groups in total. The summed E-state index contributed by atoms with van der Waals surface area (Å²) < 4.78 is 8.01. The molecule has 0 aliphatic carbocycles. The highest BCUT2D eigenvalue weighted by Crippen LogP contribution is 2.32. The first-order valence-electron chi connectivity index (χ1n) is 8.24. The van der Waals surface area contributed by atoms with Gasteiger partial charge in [-0.2, -0.15) is 0 Å². The topological polar surface area (TPSA) is 52.8 Å². The molecule has 1 saturated heterocycles. The molecule has 0 amide bonds. The van der Waals surface area contributed by atoms with Crippen LogP contribution in [0.1, 0.15) is 17.2 Å². The molecule has 0 spiro atoms. The van der Waals surface area contributed by atoms with E-state index in [-0.39, 0.29) is 6.04 Å². The van der Waals surface area contributed by atoms with Crippen molar-refractivity contribution in [3.8, 4) is 11.5 Å². The van der Waals surface area contributed by atoms with Gasteiger partial charge in [-0.05, 0) is 42.7 Å². The Morgan fingerprint density at radius 3 is 2.75 bits per heavy atom. The quantitative estimate of drug-likeness (QED) is 0.741. The van der Waals surface area contributed by atoms with Crippen molar-refractivity contribution >= 4 is 0 Å². The fourth-order valence-electron chi connectivity index (χ4n) is 3.29. The van der Waals surface area contributed by atoms with Gasteiger partial charge in [0.1, 0.15) is 5.69 Å². The molecule has 1 fully saturated rings. The minimum absolute atomic E-state index is 0.277. The van der Waals surface area contributed by atoms with Crippen molar-refractivity contribution in [2.75, 3.05) is 13.2 Å². The average molecular weight is 320 g/mol. The van der Waals surface area contributed by atoms with E-state index >= 15 is 0 Å². The summed E-state index contributed by atoms with van der Waals surface area (Å²) in [4.78, 5) is 13.2. The van der Waals surface area contributed by atoms with Crippen molar-refractivity contribution in [1.29, 1.82) is 0 Å². The number of aromatic nitrogens is 4. The second-order valence-corrected chi connectivity index (χ2v) is 6.30. The molecule has 0 radical (unpaired) electrons. The summed E-state index contributed by atoms with van der Waals surface area (Å²) in [5.74, 6) is 1.33. The molecule has 3 aromatic rings. The molecule has 4 heterocycles. The van der Waals surface area contributed by atoms with Crippen LogP contribution in [0.4, 0.5) is 0 Å². The fraction of sp³-hybridized carbons (Fsp3) is 0.316. The van der Waals surface area contributed by atoms with E-state index in [1.165, 1.54) is 5.56 Å². The first-order chi connectivity index (χ1) is 11.8.